The van der Waals surface area contributed by atoms with E-state index in [9.17, 15) is 18.4 Å². The van der Waals surface area contributed by atoms with Crippen LogP contribution in [0.1, 0.15) is 12.8 Å². The number of aryl methyl sites for hydroxylation is 1. The monoisotopic (exact) mass is 377 g/mol. The first-order chi connectivity index (χ1) is 12.7. The third-order valence-electron chi connectivity index (χ3n) is 4.01. The van der Waals surface area contributed by atoms with E-state index >= 15 is 0 Å². The molecule has 2 heterocycles. The summed E-state index contributed by atoms with van der Waals surface area (Å²) in [6, 6.07) is 4.54. The molecule has 27 heavy (non-hydrogen) atoms. The van der Waals surface area contributed by atoms with Crippen molar-refractivity contribution in [1.82, 2.24) is 20.0 Å². The van der Waals surface area contributed by atoms with E-state index in [1.54, 1.807) is 6.07 Å². The maximum absolute atomic E-state index is 13.1. The number of anilines is 1. The summed E-state index contributed by atoms with van der Waals surface area (Å²) in [6.07, 6.45) is -1.44. The molecule has 140 valence electrons. The lowest BCUT2D eigenvalue weighted by molar-refractivity contribution is -0.160. The number of hydrogen-bond donors (Lipinski definition) is 2. The minimum Gasteiger partial charge on any atom is -0.389 e. The Labute approximate surface area is 150 Å². The van der Waals surface area contributed by atoms with Crippen molar-refractivity contribution in [3.05, 3.63) is 18.3 Å². The Bertz CT molecular complexity index is 941. The van der Waals surface area contributed by atoms with E-state index in [2.05, 4.69) is 20.6 Å². The highest BCUT2D eigenvalue weighted by Gasteiger charge is 2.61. The number of hydrogen-bond acceptors (Lipinski definition) is 7. The summed E-state index contributed by atoms with van der Waals surface area (Å²) in [5.74, 6) is -3.85. The largest absolute Gasteiger partial charge is 0.411 e. The number of nitrogens with one attached hydrogen (secondary N) is 1. The molecular formula is C15H13F2N7O3. The van der Waals surface area contributed by atoms with Crippen molar-refractivity contribution in [2.45, 2.75) is 18.8 Å². The number of pyridine rings is 1. The van der Waals surface area contributed by atoms with Crippen molar-refractivity contribution in [2.24, 2.45) is 18.2 Å². The van der Waals surface area contributed by atoms with E-state index in [1.807, 2.05) is 0 Å². The molecule has 3 rings (SSSR count). The lowest BCUT2D eigenvalue weighted by Gasteiger charge is -2.40. The number of rotatable bonds is 4. The Morgan fingerprint density at radius 3 is 2.63 bits per heavy atom. The molecule has 2 aromatic heterocycles. The molecule has 0 atom stereocenters. The van der Waals surface area contributed by atoms with Gasteiger partial charge in [0.05, 0.1) is 23.6 Å². The zero-order valence-electron chi connectivity index (χ0n) is 13.9. The fraction of sp³-hybridized carbons (Fsp3) is 0.333. The second kappa shape index (κ2) is 6.27. The molecule has 12 heteroatoms. The molecule has 0 aromatic carbocycles. The zero-order chi connectivity index (χ0) is 19.8. The van der Waals surface area contributed by atoms with Gasteiger partial charge >= 0.3 is 6.09 Å². The van der Waals surface area contributed by atoms with Crippen molar-refractivity contribution < 1.29 is 23.1 Å². The van der Waals surface area contributed by atoms with Gasteiger partial charge in [-0.1, -0.05) is 5.21 Å². The number of amides is 2. The predicted molar refractivity (Wildman–Crippen MR) is 85.3 cm³/mol. The predicted octanol–water partition coefficient (Wildman–Crippen LogP) is 1.21. The maximum atomic E-state index is 13.1. The number of carbonyl (C=O) groups is 2. The molecule has 0 bridgehead atoms. The molecule has 1 aliphatic carbocycles. The van der Waals surface area contributed by atoms with Gasteiger partial charge in [0, 0.05) is 19.9 Å². The Hall–Kier alpha value is -3.62. The van der Waals surface area contributed by atoms with E-state index in [-0.39, 0.29) is 23.0 Å². The highest BCUT2D eigenvalue weighted by molar-refractivity contribution is 5.98. The zero-order valence-corrected chi connectivity index (χ0v) is 13.9. The van der Waals surface area contributed by atoms with Crippen LogP contribution in [0.3, 0.4) is 0 Å². The van der Waals surface area contributed by atoms with Crippen molar-refractivity contribution in [3.8, 4) is 23.3 Å². The maximum Gasteiger partial charge on any atom is 0.411 e. The van der Waals surface area contributed by atoms with Crippen LogP contribution in [0.2, 0.25) is 0 Å². The second-order valence-corrected chi connectivity index (χ2v) is 6.08. The van der Waals surface area contributed by atoms with Gasteiger partial charge < -0.3 is 15.8 Å². The van der Waals surface area contributed by atoms with Crippen LogP contribution in [0.25, 0.3) is 11.4 Å². The van der Waals surface area contributed by atoms with Crippen LogP contribution in [-0.4, -0.2) is 37.9 Å². The fourth-order valence-electron chi connectivity index (χ4n) is 2.70. The normalized spacial score (nSPS) is 16.7. The minimum absolute atomic E-state index is 0.0214. The lowest BCUT2D eigenvalue weighted by atomic mass is 9.66. The van der Waals surface area contributed by atoms with Crippen LogP contribution >= 0.6 is 0 Å². The molecule has 3 N–H and O–H groups in total. The summed E-state index contributed by atoms with van der Waals surface area (Å²) in [7, 11) is 1.49. The number of halogens is 2. The number of aromatic nitrogens is 4. The molecule has 2 amide bonds. The molecule has 0 aliphatic heterocycles. The first kappa shape index (κ1) is 18.2. The summed E-state index contributed by atoms with van der Waals surface area (Å²) in [5.41, 5.74) is 3.85. The minimum atomic E-state index is -3.02. The number of nitrogens with zero attached hydrogens (tertiary/aromatic N) is 5. The van der Waals surface area contributed by atoms with Crippen molar-refractivity contribution in [3.63, 3.8) is 0 Å². The van der Waals surface area contributed by atoms with Crippen LogP contribution in [-0.2, 0) is 11.8 Å². The molecule has 1 saturated carbocycles. The number of carbonyl (C=O) groups excluding carboxylic acids is 2. The summed E-state index contributed by atoms with van der Waals surface area (Å²) < 4.78 is 32.2. The molecule has 0 unspecified atom stereocenters. The number of nitriles is 1. The summed E-state index contributed by atoms with van der Waals surface area (Å²) >= 11 is 0. The van der Waals surface area contributed by atoms with Crippen LogP contribution < -0.4 is 15.8 Å². The van der Waals surface area contributed by atoms with Crippen LogP contribution in [0.15, 0.2) is 18.3 Å². The van der Waals surface area contributed by atoms with Gasteiger partial charge in [-0.3, -0.25) is 9.78 Å². The van der Waals surface area contributed by atoms with Crippen LogP contribution in [0.4, 0.5) is 19.3 Å². The van der Waals surface area contributed by atoms with Gasteiger partial charge in [-0.05, 0) is 12.1 Å². The fourth-order valence-corrected chi connectivity index (χ4v) is 2.70. The van der Waals surface area contributed by atoms with E-state index in [1.165, 1.54) is 30.1 Å². The second-order valence-electron chi connectivity index (χ2n) is 6.08. The Balaban J connectivity index is 1.76. The topological polar surface area (TPSA) is 149 Å². The number of primary amides is 1. The number of alkyl halides is 2. The van der Waals surface area contributed by atoms with Gasteiger partial charge in [-0.2, -0.15) is 5.26 Å². The Kier molecular flexibility index (Phi) is 4.22. The smallest absolute Gasteiger partial charge is 0.389 e. The molecule has 2 aromatic rings. The number of nitrogens with two attached hydrogens (primary N) is 1. The average Bonchev–Trinajstić information content (AvgIpc) is 2.93. The molecular weight excluding hydrogens is 364 g/mol. The first-order valence-corrected chi connectivity index (χ1v) is 7.60. The molecule has 0 spiro atoms. The van der Waals surface area contributed by atoms with Gasteiger partial charge in [-0.25, -0.2) is 18.3 Å². The highest BCUT2D eigenvalue weighted by atomic mass is 19.3. The standard InChI is InChI=1S/C15H13F2N7O3/c1-24-11(27-13(19)26)10(22-23-24)9-3-2-8(4-20-9)21-12(25)14(7-18)5-15(16,17)6-14/h2-4H,5-6H2,1H3,(H2,19,26)(H,21,25). The van der Waals surface area contributed by atoms with Gasteiger partial charge in [-0.15, -0.1) is 5.10 Å². The van der Waals surface area contributed by atoms with E-state index in [0.717, 1.165) is 0 Å². The van der Waals surface area contributed by atoms with Crippen LogP contribution in [0, 0.1) is 16.7 Å². The lowest BCUT2D eigenvalue weighted by Crippen LogP contribution is -2.52. The molecule has 1 fully saturated rings. The van der Waals surface area contributed by atoms with Crippen LogP contribution in [0.5, 0.6) is 5.88 Å². The SMILES string of the molecule is Cn1nnc(-c2ccc(NC(=O)C3(C#N)CC(F)(F)C3)cn2)c1OC(N)=O. The highest BCUT2D eigenvalue weighted by Crippen LogP contribution is 2.52. The Morgan fingerprint density at radius 2 is 2.11 bits per heavy atom. The van der Waals surface area contributed by atoms with Gasteiger partial charge in [0.25, 0.3) is 11.8 Å². The first-order valence-electron chi connectivity index (χ1n) is 7.60. The molecule has 0 saturated heterocycles. The molecule has 10 nitrogen and oxygen atoms in total. The quantitative estimate of drug-likeness (QED) is 0.813. The summed E-state index contributed by atoms with van der Waals surface area (Å²) in [4.78, 5) is 27.2. The summed E-state index contributed by atoms with van der Waals surface area (Å²) in [5, 5.41) is 19.0. The Morgan fingerprint density at radius 1 is 1.41 bits per heavy atom. The van der Waals surface area contributed by atoms with Gasteiger partial charge in [0.2, 0.25) is 5.91 Å². The van der Waals surface area contributed by atoms with E-state index < -0.39 is 36.2 Å². The number of ether oxygens (including phenoxy) is 1. The summed E-state index contributed by atoms with van der Waals surface area (Å²) in [6.45, 7) is 0. The van der Waals surface area contributed by atoms with Gasteiger partial charge in [0.1, 0.15) is 5.41 Å². The molecule has 0 radical (unpaired) electrons. The average molecular weight is 377 g/mol. The van der Waals surface area contributed by atoms with E-state index in [4.69, 9.17) is 15.7 Å². The molecule has 1 aliphatic rings. The van der Waals surface area contributed by atoms with Crippen molar-refractivity contribution >= 4 is 17.7 Å². The third kappa shape index (κ3) is 3.39. The van der Waals surface area contributed by atoms with Crippen molar-refractivity contribution in [2.75, 3.05) is 5.32 Å². The third-order valence-corrected chi connectivity index (χ3v) is 4.01. The van der Waals surface area contributed by atoms with Crippen molar-refractivity contribution in [1.29, 1.82) is 5.26 Å². The van der Waals surface area contributed by atoms with E-state index in [0.29, 0.717) is 0 Å². The van der Waals surface area contributed by atoms with Gasteiger partial charge in [0.15, 0.2) is 5.69 Å².